The lowest BCUT2D eigenvalue weighted by Crippen LogP contribution is -2.05. The normalized spacial score (nSPS) is 10.6. The molecule has 1 heterocycles. The van der Waals surface area contributed by atoms with Gasteiger partial charge in [0.1, 0.15) is 30.0 Å². The van der Waals surface area contributed by atoms with Gasteiger partial charge in [-0.2, -0.15) is 5.26 Å². The van der Waals surface area contributed by atoms with Gasteiger partial charge in [0.15, 0.2) is 0 Å². The third-order valence-corrected chi connectivity index (χ3v) is 4.06. The first-order valence-electron chi connectivity index (χ1n) is 8.24. The van der Waals surface area contributed by atoms with E-state index >= 15 is 0 Å². The van der Waals surface area contributed by atoms with Gasteiger partial charge in [0, 0.05) is 36.5 Å². The number of rotatable bonds is 6. The summed E-state index contributed by atoms with van der Waals surface area (Å²) in [4.78, 5) is 4.30. The first-order chi connectivity index (χ1) is 13.0. The molecule has 0 saturated carbocycles. The van der Waals surface area contributed by atoms with Crippen molar-refractivity contribution in [2.24, 2.45) is 0 Å². The Morgan fingerprint density at radius 3 is 2.78 bits per heavy atom. The Hall–Kier alpha value is -3.37. The molecule has 1 aromatic heterocycles. The number of benzene rings is 2. The summed E-state index contributed by atoms with van der Waals surface area (Å²) in [6.45, 7) is 2.32. The zero-order valence-electron chi connectivity index (χ0n) is 14.9. The molecule has 0 atom stereocenters. The molecule has 2 N–H and O–H groups in total. The predicted molar refractivity (Wildman–Crippen MR) is 99.9 cm³/mol. The monoisotopic (exact) mass is 367 g/mol. The molecule has 0 aliphatic heterocycles. The lowest BCUT2D eigenvalue weighted by Gasteiger charge is -2.13. The molecule has 138 valence electrons. The number of aromatic nitrogens is 1. The van der Waals surface area contributed by atoms with Crippen molar-refractivity contribution < 1.29 is 19.0 Å². The summed E-state index contributed by atoms with van der Waals surface area (Å²) in [6.07, 6.45) is 1.57. The van der Waals surface area contributed by atoms with Crippen molar-refractivity contribution >= 4 is 22.3 Å². The number of nitrogens with one attached hydrogen (secondary N) is 1. The van der Waals surface area contributed by atoms with E-state index < -0.39 is 5.82 Å². The van der Waals surface area contributed by atoms with E-state index in [2.05, 4.69) is 16.4 Å². The second-order valence-corrected chi connectivity index (χ2v) is 5.92. The summed E-state index contributed by atoms with van der Waals surface area (Å²) in [6, 6.07) is 9.65. The molecular weight excluding hydrogens is 349 g/mol. The number of aryl methyl sites for hydroxylation is 1. The highest BCUT2D eigenvalue weighted by Gasteiger charge is 2.12. The molecule has 0 spiro atoms. The van der Waals surface area contributed by atoms with Gasteiger partial charge in [0.05, 0.1) is 23.4 Å². The Morgan fingerprint density at radius 2 is 2.04 bits per heavy atom. The molecular formula is C20H18FN3O3. The van der Waals surface area contributed by atoms with E-state index in [1.165, 1.54) is 12.1 Å². The van der Waals surface area contributed by atoms with E-state index in [0.717, 1.165) is 0 Å². The second kappa shape index (κ2) is 7.89. The Balaban J connectivity index is 2.02. The van der Waals surface area contributed by atoms with E-state index in [4.69, 9.17) is 9.47 Å². The van der Waals surface area contributed by atoms with Gasteiger partial charge in [0.25, 0.3) is 0 Å². The minimum Gasteiger partial charge on any atom is -0.508 e. The van der Waals surface area contributed by atoms with Crippen molar-refractivity contribution in [3.8, 4) is 17.6 Å². The molecule has 2 aromatic carbocycles. The number of phenols is 1. The Morgan fingerprint density at radius 1 is 1.22 bits per heavy atom. The number of aromatic hydroxyl groups is 1. The van der Waals surface area contributed by atoms with Gasteiger partial charge >= 0.3 is 0 Å². The standard InChI is InChI=1S/C20H18FN3O3/c1-12-7-15(21)18(9-19(12)25)24-16-3-4-23-17-10-20(27-6-5-26-2)13(11-22)8-14(16)17/h3-4,7-10,25H,5-6H2,1-2H3,(H,23,24). The SMILES string of the molecule is COCCOc1cc2nccc(Nc3cc(O)c(C)cc3F)c2cc1C#N. The van der Waals surface area contributed by atoms with Crippen LogP contribution in [0.3, 0.4) is 0 Å². The van der Waals surface area contributed by atoms with E-state index in [-0.39, 0.29) is 11.4 Å². The summed E-state index contributed by atoms with van der Waals surface area (Å²) in [5, 5.41) is 22.9. The maximum Gasteiger partial charge on any atom is 0.147 e. The third-order valence-electron chi connectivity index (χ3n) is 4.06. The molecule has 0 aliphatic rings. The topological polar surface area (TPSA) is 87.4 Å². The Bertz CT molecular complexity index is 1030. The van der Waals surface area contributed by atoms with E-state index in [1.54, 1.807) is 38.4 Å². The van der Waals surface area contributed by atoms with Gasteiger partial charge in [-0.15, -0.1) is 0 Å². The van der Waals surface area contributed by atoms with Gasteiger partial charge in [0.2, 0.25) is 0 Å². The third kappa shape index (κ3) is 3.91. The molecule has 0 unspecified atom stereocenters. The van der Waals surface area contributed by atoms with Gasteiger partial charge < -0.3 is 19.9 Å². The molecule has 0 bridgehead atoms. The van der Waals surface area contributed by atoms with Crippen LogP contribution in [0.1, 0.15) is 11.1 Å². The number of anilines is 2. The van der Waals surface area contributed by atoms with Crippen LogP contribution in [0, 0.1) is 24.1 Å². The maximum atomic E-state index is 14.2. The number of hydrogen-bond donors (Lipinski definition) is 2. The van der Waals surface area contributed by atoms with Crippen LogP contribution in [0.5, 0.6) is 11.5 Å². The predicted octanol–water partition coefficient (Wildman–Crippen LogP) is 4.03. The molecule has 0 radical (unpaired) electrons. The first kappa shape index (κ1) is 18.4. The number of fused-ring (bicyclic) bond motifs is 1. The summed E-state index contributed by atoms with van der Waals surface area (Å²) < 4.78 is 24.8. The van der Waals surface area contributed by atoms with Crippen LogP contribution in [0.4, 0.5) is 15.8 Å². The lowest BCUT2D eigenvalue weighted by molar-refractivity contribution is 0.146. The largest absolute Gasteiger partial charge is 0.508 e. The maximum absolute atomic E-state index is 14.2. The van der Waals surface area contributed by atoms with Crippen LogP contribution in [0.25, 0.3) is 10.9 Å². The molecule has 3 aromatic rings. The number of pyridine rings is 1. The average molecular weight is 367 g/mol. The molecule has 0 fully saturated rings. The summed E-state index contributed by atoms with van der Waals surface area (Å²) >= 11 is 0. The lowest BCUT2D eigenvalue weighted by atomic mass is 10.1. The summed E-state index contributed by atoms with van der Waals surface area (Å²) in [7, 11) is 1.57. The molecule has 7 heteroatoms. The van der Waals surface area contributed by atoms with Crippen molar-refractivity contribution in [2.45, 2.75) is 6.92 Å². The second-order valence-electron chi connectivity index (χ2n) is 5.92. The van der Waals surface area contributed by atoms with Gasteiger partial charge in [-0.1, -0.05) is 0 Å². The number of methoxy groups -OCH3 is 1. The van der Waals surface area contributed by atoms with E-state index in [1.807, 2.05) is 0 Å². The molecule has 6 nitrogen and oxygen atoms in total. The van der Waals surface area contributed by atoms with Crippen LogP contribution in [-0.4, -0.2) is 30.4 Å². The van der Waals surface area contributed by atoms with Crippen LogP contribution in [-0.2, 0) is 4.74 Å². The zero-order chi connectivity index (χ0) is 19.4. The Labute approximate surface area is 155 Å². The number of phenolic OH excluding ortho intramolecular Hbond substituents is 1. The minimum absolute atomic E-state index is 0.0104. The number of nitrogens with zero attached hydrogens (tertiary/aromatic N) is 2. The molecule has 0 amide bonds. The van der Waals surface area contributed by atoms with Gasteiger partial charge in [-0.05, 0) is 30.7 Å². The minimum atomic E-state index is -0.490. The van der Waals surface area contributed by atoms with Crippen molar-refractivity contribution in [1.29, 1.82) is 5.26 Å². The van der Waals surface area contributed by atoms with Crippen LogP contribution in [0.2, 0.25) is 0 Å². The van der Waals surface area contributed by atoms with Crippen molar-refractivity contribution in [2.75, 3.05) is 25.6 Å². The summed E-state index contributed by atoms with van der Waals surface area (Å²) in [5.74, 6) is -0.0926. The Kier molecular flexibility index (Phi) is 5.38. The molecule has 0 aliphatic carbocycles. The highest BCUT2D eigenvalue weighted by Crippen LogP contribution is 2.33. The number of halogens is 1. The van der Waals surface area contributed by atoms with Crippen LogP contribution in [0.15, 0.2) is 36.5 Å². The number of hydrogen-bond acceptors (Lipinski definition) is 6. The smallest absolute Gasteiger partial charge is 0.147 e. The van der Waals surface area contributed by atoms with Crippen LogP contribution >= 0.6 is 0 Å². The fourth-order valence-corrected chi connectivity index (χ4v) is 2.63. The molecule has 3 rings (SSSR count). The van der Waals surface area contributed by atoms with E-state index in [9.17, 15) is 14.8 Å². The average Bonchev–Trinajstić information content (AvgIpc) is 2.66. The summed E-state index contributed by atoms with van der Waals surface area (Å²) in [5.41, 5.74) is 2.05. The molecule has 27 heavy (non-hydrogen) atoms. The number of nitriles is 1. The highest BCUT2D eigenvalue weighted by molar-refractivity contribution is 5.95. The fourth-order valence-electron chi connectivity index (χ4n) is 2.63. The van der Waals surface area contributed by atoms with Gasteiger partial charge in [-0.25, -0.2) is 4.39 Å². The zero-order valence-corrected chi connectivity index (χ0v) is 14.9. The van der Waals surface area contributed by atoms with Crippen molar-refractivity contribution in [3.63, 3.8) is 0 Å². The van der Waals surface area contributed by atoms with Crippen molar-refractivity contribution in [1.82, 2.24) is 4.98 Å². The van der Waals surface area contributed by atoms with Gasteiger partial charge in [-0.3, -0.25) is 4.98 Å². The van der Waals surface area contributed by atoms with Crippen molar-refractivity contribution in [3.05, 3.63) is 53.5 Å². The van der Waals surface area contributed by atoms with Crippen LogP contribution < -0.4 is 10.1 Å². The first-order valence-corrected chi connectivity index (χ1v) is 8.24. The molecule has 0 saturated heterocycles. The fraction of sp³-hybridized carbons (Fsp3) is 0.200. The quantitative estimate of drug-likeness (QED) is 0.640. The van der Waals surface area contributed by atoms with E-state index in [0.29, 0.717) is 46.7 Å². The number of ether oxygens (including phenoxy) is 2. The highest BCUT2D eigenvalue weighted by atomic mass is 19.1.